The third-order valence-corrected chi connectivity index (χ3v) is 4.03. The number of fused-ring (bicyclic) bond motifs is 1. The van der Waals surface area contributed by atoms with Crippen LogP contribution in [0.25, 0.3) is 0 Å². The summed E-state index contributed by atoms with van der Waals surface area (Å²) in [6.45, 7) is 2.43. The third kappa shape index (κ3) is 2.23. The molecule has 0 saturated carbocycles. The van der Waals surface area contributed by atoms with E-state index in [2.05, 4.69) is 47.2 Å². The largest absolute Gasteiger partial charge is 0.371 e. The molecule has 0 fully saturated rings. The number of rotatable bonds is 2. The maximum Gasteiger partial charge on any atom is 0.0649 e. The van der Waals surface area contributed by atoms with E-state index in [-0.39, 0.29) is 0 Å². The van der Waals surface area contributed by atoms with Crippen molar-refractivity contribution in [1.82, 2.24) is 0 Å². The maximum atomic E-state index is 6.08. The summed E-state index contributed by atoms with van der Waals surface area (Å²) in [5.74, 6) is 0. The summed E-state index contributed by atoms with van der Waals surface area (Å²) in [6.07, 6.45) is 0. The van der Waals surface area contributed by atoms with Gasteiger partial charge in [-0.2, -0.15) is 0 Å². The van der Waals surface area contributed by atoms with Crippen LogP contribution < -0.4 is 15.5 Å². The Morgan fingerprint density at radius 2 is 1.80 bits per heavy atom. The molecule has 3 rings (SSSR count). The highest BCUT2D eigenvalue weighted by Crippen LogP contribution is 2.38. The summed E-state index contributed by atoms with van der Waals surface area (Å²) in [5.41, 5.74) is 10.6. The second-order valence-corrected chi connectivity index (χ2v) is 5.48. The fraction of sp³-hybridized carbons (Fsp3) is 0.250. The first-order chi connectivity index (χ1) is 9.70. The van der Waals surface area contributed by atoms with Gasteiger partial charge in [0, 0.05) is 37.4 Å². The molecule has 3 nitrogen and oxygen atoms in total. The average molecular weight is 288 g/mol. The lowest BCUT2D eigenvalue weighted by atomic mass is 10.1. The predicted octanol–water partition coefficient (Wildman–Crippen LogP) is 3.39. The molecule has 0 aromatic heterocycles. The standard InChI is InChI=1S/C16H18ClN3/c1-19-8-9-20(16-5-3-2-4-15(16)19)14-7-6-13(17)10-12(14)11-18/h2-7,10H,8-9,11,18H2,1H3. The Labute approximate surface area is 124 Å². The van der Waals surface area contributed by atoms with Crippen LogP contribution in [0.4, 0.5) is 17.1 Å². The quantitative estimate of drug-likeness (QED) is 0.919. The smallest absolute Gasteiger partial charge is 0.0649 e. The van der Waals surface area contributed by atoms with Gasteiger partial charge in [-0.3, -0.25) is 0 Å². The van der Waals surface area contributed by atoms with Crippen molar-refractivity contribution in [3.8, 4) is 0 Å². The molecule has 1 aliphatic rings. The van der Waals surface area contributed by atoms with Crippen LogP contribution in [0.15, 0.2) is 42.5 Å². The van der Waals surface area contributed by atoms with E-state index in [0.717, 1.165) is 29.4 Å². The molecule has 0 unspecified atom stereocenters. The highest BCUT2D eigenvalue weighted by molar-refractivity contribution is 6.30. The zero-order valence-electron chi connectivity index (χ0n) is 11.5. The zero-order chi connectivity index (χ0) is 14.1. The monoisotopic (exact) mass is 287 g/mol. The number of anilines is 3. The van der Waals surface area contributed by atoms with Crippen LogP contribution >= 0.6 is 11.6 Å². The van der Waals surface area contributed by atoms with Crippen LogP contribution in [-0.4, -0.2) is 20.1 Å². The highest BCUT2D eigenvalue weighted by atomic mass is 35.5. The van der Waals surface area contributed by atoms with Gasteiger partial charge < -0.3 is 15.5 Å². The molecule has 0 aliphatic carbocycles. The van der Waals surface area contributed by atoms with Gasteiger partial charge in [0.25, 0.3) is 0 Å². The predicted molar refractivity (Wildman–Crippen MR) is 86.1 cm³/mol. The van der Waals surface area contributed by atoms with Crippen molar-refractivity contribution < 1.29 is 0 Å². The van der Waals surface area contributed by atoms with E-state index in [9.17, 15) is 0 Å². The number of benzene rings is 2. The summed E-state index contributed by atoms with van der Waals surface area (Å²) < 4.78 is 0. The molecule has 0 atom stereocenters. The molecule has 104 valence electrons. The Hall–Kier alpha value is -1.71. The van der Waals surface area contributed by atoms with E-state index in [1.165, 1.54) is 11.4 Å². The second-order valence-electron chi connectivity index (χ2n) is 5.04. The first-order valence-electron chi connectivity index (χ1n) is 6.77. The summed E-state index contributed by atoms with van der Waals surface area (Å²) in [6, 6.07) is 14.4. The van der Waals surface area contributed by atoms with Crippen LogP contribution in [-0.2, 0) is 6.54 Å². The molecule has 1 heterocycles. The average Bonchev–Trinajstić information content (AvgIpc) is 2.48. The third-order valence-electron chi connectivity index (χ3n) is 3.80. The van der Waals surface area contributed by atoms with Gasteiger partial charge >= 0.3 is 0 Å². The van der Waals surface area contributed by atoms with E-state index in [1.807, 2.05) is 12.1 Å². The molecule has 0 bridgehead atoms. The van der Waals surface area contributed by atoms with Gasteiger partial charge in [-0.05, 0) is 35.9 Å². The summed E-state index contributed by atoms with van der Waals surface area (Å²) in [5, 5.41) is 0.733. The van der Waals surface area contributed by atoms with Crippen molar-refractivity contribution in [2.75, 3.05) is 29.9 Å². The van der Waals surface area contributed by atoms with Crippen LogP contribution in [0.1, 0.15) is 5.56 Å². The van der Waals surface area contributed by atoms with Gasteiger partial charge in [0.1, 0.15) is 0 Å². The van der Waals surface area contributed by atoms with Crippen LogP contribution in [0.2, 0.25) is 5.02 Å². The van der Waals surface area contributed by atoms with Crippen LogP contribution in [0.3, 0.4) is 0 Å². The van der Waals surface area contributed by atoms with Crippen LogP contribution in [0.5, 0.6) is 0 Å². The first kappa shape index (κ1) is 13.3. The van der Waals surface area contributed by atoms with Gasteiger partial charge in [-0.1, -0.05) is 23.7 Å². The number of hydrogen-bond donors (Lipinski definition) is 1. The van der Waals surface area contributed by atoms with E-state index in [0.29, 0.717) is 6.54 Å². The van der Waals surface area contributed by atoms with Crippen molar-refractivity contribution in [1.29, 1.82) is 0 Å². The molecule has 2 aromatic carbocycles. The molecule has 2 aromatic rings. The summed E-state index contributed by atoms with van der Waals surface area (Å²) >= 11 is 6.08. The maximum absolute atomic E-state index is 6.08. The van der Waals surface area contributed by atoms with Crippen LogP contribution in [0, 0.1) is 0 Å². The molecule has 0 saturated heterocycles. The fourth-order valence-electron chi connectivity index (χ4n) is 2.74. The Balaban J connectivity index is 2.10. The lowest BCUT2D eigenvalue weighted by molar-refractivity contribution is 0.817. The van der Waals surface area contributed by atoms with Crippen molar-refractivity contribution in [3.05, 3.63) is 53.1 Å². The minimum atomic E-state index is 0.490. The van der Waals surface area contributed by atoms with Gasteiger partial charge in [0.15, 0.2) is 0 Å². The molecular formula is C16H18ClN3. The number of para-hydroxylation sites is 2. The van der Waals surface area contributed by atoms with E-state index >= 15 is 0 Å². The van der Waals surface area contributed by atoms with Gasteiger partial charge in [0.2, 0.25) is 0 Å². The topological polar surface area (TPSA) is 32.5 Å². The van der Waals surface area contributed by atoms with Gasteiger partial charge in [0.05, 0.1) is 11.4 Å². The Morgan fingerprint density at radius 3 is 2.55 bits per heavy atom. The summed E-state index contributed by atoms with van der Waals surface area (Å²) in [7, 11) is 2.13. The molecule has 20 heavy (non-hydrogen) atoms. The SMILES string of the molecule is CN1CCN(c2ccc(Cl)cc2CN)c2ccccc21. The Kier molecular flexibility index (Phi) is 3.55. The molecular weight excluding hydrogens is 270 g/mol. The minimum absolute atomic E-state index is 0.490. The number of nitrogens with zero attached hydrogens (tertiary/aromatic N) is 2. The fourth-order valence-corrected chi connectivity index (χ4v) is 2.93. The van der Waals surface area contributed by atoms with Crippen molar-refractivity contribution in [2.24, 2.45) is 5.73 Å². The molecule has 4 heteroatoms. The molecule has 2 N–H and O–H groups in total. The molecule has 0 spiro atoms. The highest BCUT2D eigenvalue weighted by Gasteiger charge is 2.22. The van der Waals surface area contributed by atoms with E-state index in [1.54, 1.807) is 0 Å². The Morgan fingerprint density at radius 1 is 1.05 bits per heavy atom. The second kappa shape index (κ2) is 5.35. The number of halogens is 1. The van der Waals surface area contributed by atoms with Crippen molar-refractivity contribution >= 4 is 28.7 Å². The van der Waals surface area contributed by atoms with Gasteiger partial charge in [-0.15, -0.1) is 0 Å². The number of nitrogens with two attached hydrogens (primary N) is 1. The Bertz CT molecular complexity index is 627. The summed E-state index contributed by atoms with van der Waals surface area (Å²) in [4.78, 5) is 4.61. The minimum Gasteiger partial charge on any atom is -0.371 e. The van der Waals surface area contributed by atoms with Crippen molar-refractivity contribution in [3.63, 3.8) is 0 Å². The lowest BCUT2D eigenvalue weighted by Gasteiger charge is -2.37. The molecule has 1 aliphatic heterocycles. The molecule has 0 radical (unpaired) electrons. The normalized spacial score (nSPS) is 14.3. The zero-order valence-corrected chi connectivity index (χ0v) is 12.3. The number of likely N-dealkylation sites (N-methyl/N-ethyl adjacent to an activating group) is 1. The van der Waals surface area contributed by atoms with Gasteiger partial charge in [-0.25, -0.2) is 0 Å². The lowest BCUT2D eigenvalue weighted by Crippen LogP contribution is -2.36. The first-order valence-corrected chi connectivity index (χ1v) is 7.14. The van der Waals surface area contributed by atoms with Crippen molar-refractivity contribution in [2.45, 2.75) is 6.54 Å². The van der Waals surface area contributed by atoms with E-state index in [4.69, 9.17) is 17.3 Å². The van der Waals surface area contributed by atoms with E-state index < -0.39 is 0 Å². The number of hydrogen-bond acceptors (Lipinski definition) is 3. The molecule has 0 amide bonds.